The van der Waals surface area contributed by atoms with Crippen molar-refractivity contribution >= 4 is 29.1 Å². The molecule has 1 aromatic carbocycles. The number of aromatic nitrogens is 2. The van der Waals surface area contributed by atoms with Gasteiger partial charge in [-0.05, 0) is 19.1 Å². The Bertz CT molecular complexity index is 709. The van der Waals surface area contributed by atoms with Gasteiger partial charge in [-0.25, -0.2) is 14.8 Å². The molecule has 0 fully saturated rings. The first-order chi connectivity index (χ1) is 10.5. The second kappa shape index (κ2) is 6.81. The average molecular weight is 321 g/mol. The van der Waals surface area contributed by atoms with Gasteiger partial charge in [0.2, 0.25) is 0 Å². The number of carbonyl (C=O) groups is 1. The molecule has 0 saturated carbocycles. The molecule has 0 bridgehead atoms. The minimum atomic E-state index is -0.733. The van der Waals surface area contributed by atoms with Crippen molar-refractivity contribution in [1.82, 2.24) is 15.3 Å². The number of para-hydroxylation sites is 1. The molecule has 114 valence electrons. The Balaban J connectivity index is 2.10. The molecule has 9 heteroatoms. The Hall–Kier alpha value is -2.74. The summed E-state index contributed by atoms with van der Waals surface area (Å²) in [4.78, 5) is 31.0. The Morgan fingerprint density at radius 1 is 1.45 bits per heavy atom. The molecular formula is C13H13ClN6O2. The SMILES string of the molecule is Cc1ncc(CNC(=O)N(N=O)c2ccccc2Cl)c(N)n1. The lowest BCUT2D eigenvalue weighted by Crippen LogP contribution is -2.36. The average Bonchev–Trinajstić information content (AvgIpc) is 2.49. The van der Waals surface area contributed by atoms with Crippen LogP contribution in [0.4, 0.5) is 16.3 Å². The molecular weight excluding hydrogens is 308 g/mol. The second-order valence-corrected chi connectivity index (χ2v) is 4.74. The van der Waals surface area contributed by atoms with Gasteiger partial charge < -0.3 is 11.1 Å². The van der Waals surface area contributed by atoms with E-state index in [1.54, 1.807) is 25.1 Å². The van der Waals surface area contributed by atoms with Crippen LogP contribution >= 0.6 is 11.6 Å². The van der Waals surface area contributed by atoms with Crippen molar-refractivity contribution in [3.8, 4) is 0 Å². The lowest BCUT2D eigenvalue weighted by molar-refractivity contribution is 0.246. The number of carbonyl (C=O) groups excluding carboxylic acids is 1. The zero-order valence-electron chi connectivity index (χ0n) is 11.7. The number of nitrogen functional groups attached to an aromatic ring is 1. The Morgan fingerprint density at radius 2 is 2.18 bits per heavy atom. The summed E-state index contributed by atoms with van der Waals surface area (Å²) >= 11 is 5.94. The fourth-order valence-corrected chi connectivity index (χ4v) is 1.92. The fourth-order valence-electron chi connectivity index (χ4n) is 1.71. The first kappa shape index (κ1) is 15.6. The summed E-state index contributed by atoms with van der Waals surface area (Å²) in [6, 6.07) is 5.64. The van der Waals surface area contributed by atoms with Gasteiger partial charge in [-0.3, -0.25) is 0 Å². The van der Waals surface area contributed by atoms with Crippen LogP contribution < -0.4 is 16.1 Å². The highest BCUT2D eigenvalue weighted by Gasteiger charge is 2.19. The molecule has 3 N–H and O–H groups in total. The van der Waals surface area contributed by atoms with Gasteiger partial charge in [0.15, 0.2) is 0 Å². The lowest BCUT2D eigenvalue weighted by atomic mass is 10.3. The van der Waals surface area contributed by atoms with Crippen molar-refractivity contribution < 1.29 is 4.79 Å². The largest absolute Gasteiger partial charge is 0.383 e. The summed E-state index contributed by atoms with van der Waals surface area (Å²) in [5, 5.41) is 6.07. The van der Waals surface area contributed by atoms with E-state index in [4.69, 9.17) is 17.3 Å². The van der Waals surface area contributed by atoms with Gasteiger partial charge in [0.05, 0.1) is 16.0 Å². The van der Waals surface area contributed by atoms with Crippen LogP contribution in [0, 0.1) is 11.8 Å². The Kier molecular flexibility index (Phi) is 4.84. The molecule has 0 spiro atoms. The molecule has 1 aromatic heterocycles. The number of benzene rings is 1. The lowest BCUT2D eigenvalue weighted by Gasteiger charge is -2.15. The molecule has 2 aromatic rings. The minimum Gasteiger partial charge on any atom is -0.383 e. The predicted octanol–water partition coefficient (Wildman–Crippen LogP) is 2.42. The van der Waals surface area contributed by atoms with Crippen molar-refractivity contribution in [2.24, 2.45) is 5.29 Å². The van der Waals surface area contributed by atoms with Gasteiger partial charge in [0.25, 0.3) is 0 Å². The van der Waals surface area contributed by atoms with E-state index < -0.39 is 6.03 Å². The molecule has 0 unspecified atom stereocenters. The maximum atomic E-state index is 12.1. The fraction of sp³-hybridized carbons (Fsp3) is 0.154. The molecule has 8 nitrogen and oxygen atoms in total. The number of nitrogens with one attached hydrogen (secondary N) is 1. The molecule has 0 radical (unpaired) electrons. The van der Waals surface area contributed by atoms with Crippen molar-refractivity contribution in [1.29, 1.82) is 0 Å². The van der Waals surface area contributed by atoms with Crippen LogP contribution in [0.25, 0.3) is 0 Å². The third kappa shape index (κ3) is 3.47. The first-order valence-electron chi connectivity index (χ1n) is 6.26. The molecule has 0 aliphatic heterocycles. The summed E-state index contributed by atoms with van der Waals surface area (Å²) in [6.07, 6.45) is 1.51. The van der Waals surface area contributed by atoms with E-state index >= 15 is 0 Å². The number of nitrogens with zero attached hydrogens (tertiary/aromatic N) is 4. The van der Waals surface area contributed by atoms with Crippen LogP contribution in [-0.4, -0.2) is 16.0 Å². The smallest absolute Gasteiger partial charge is 0.345 e. The third-order valence-electron chi connectivity index (χ3n) is 2.80. The number of aryl methyl sites for hydroxylation is 1. The number of hydrogen-bond donors (Lipinski definition) is 2. The van der Waals surface area contributed by atoms with Crippen molar-refractivity contribution in [2.75, 3.05) is 10.7 Å². The molecule has 22 heavy (non-hydrogen) atoms. The van der Waals surface area contributed by atoms with Gasteiger partial charge >= 0.3 is 6.03 Å². The number of rotatable bonds is 4. The number of halogens is 1. The highest BCUT2D eigenvalue weighted by Crippen LogP contribution is 2.25. The number of nitroso groups, excluding NO2 is 1. The molecule has 0 aliphatic rings. The van der Waals surface area contributed by atoms with E-state index in [9.17, 15) is 9.70 Å². The van der Waals surface area contributed by atoms with Crippen LogP contribution in [0.2, 0.25) is 5.02 Å². The monoisotopic (exact) mass is 320 g/mol. The maximum absolute atomic E-state index is 12.1. The second-order valence-electron chi connectivity index (χ2n) is 4.33. The van der Waals surface area contributed by atoms with Crippen molar-refractivity contribution in [2.45, 2.75) is 13.5 Å². The maximum Gasteiger partial charge on any atom is 0.345 e. The van der Waals surface area contributed by atoms with Gasteiger partial charge in [-0.15, -0.1) is 9.92 Å². The minimum absolute atomic E-state index is 0.0570. The van der Waals surface area contributed by atoms with E-state index in [1.165, 1.54) is 12.3 Å². The number of nitrogens with two attached hydrogens (primary N) is 1. The number of amides is 2. The van der Waals surface area contributed by atoms with Crippen LogP contribution in [0.1, 0.15) is 11.4 Å². The standard InChI is InChI=1S/C13H13ClN6O2/c1-8-16-6-9(12(15)18-8)7-17-13(21)20(19-22)11-5-3-2-4-10(11)14/h2-6H,7H2,1H3,(H,17,21)(H2,15,16,18). The zero-order chi connectivity index (χ0) is 16.1. The van der Waals surface area contributed by atoms with E-state index in [0.29, 0.717) is 16.4 Å². The van der Waals surface area contributed by atoms with Crippen LogP contribution in [0.15, 0.2) is 35.7 Å². The predicted molar refractivity (Wildman–Crippen MR) is 83.1 cm³/mol. The van der Waals surface area contributed by atoms with Gasteiger partial charge in [-0.2, -0.15) is 0 Å². The molecule has 0 saturated heterocycles. The summed E-state index contributed by atoms with van der Waals surface area (Å²) < 4.78 is 0. The molecule has 2 amide bonds. The Morgan fingerprint density at radius 3 is 2.82 bits per heavy atom. The van der Waals surface area contributed by atoms with Gasteiger partial charge in [0, 0.05) is 18.3 Å². The van der Waals surface area contributed by atoms with E-state index in [-0.39, 0.29) is 23.1 Å². The van der Waals surface area contributed by atoms with Crippen molar-refractivity contribution in [3.05, 3.63) is 51.8 Å². The molecule has 2 rings (SSSR count). The van der Waals surface area contributed by atoms with Crippen LogP contribution in [-0.2, 0) is 6.54 Å². The molecule has 0 aliphatic carbocycles. The highest BCUT2D eigenvalue weighted by molar-refractivity contribution is 6.33. The first-order valence-corrected chi connectivity index (χ1v) is 6.64. The molecule has 1 heterocycles. The summed E-state index contributed by atoms with van der Waals surface area (Å²) in [5.41, 5.74) is 6.45. The highest BCUT2D eigenvalue weighted by atomic mass is 35.5. The van der Waals surface area contributed by atoms with E-state index in [2.05, 4.69) is 20.6 Å². The van der Waals surface area contributed by atoms with Crippen LogP contribution in [0.5, 0.6) is 0 Å². The zero-order valence-corrected chi connectivity index (χ0v) is 12.4. The number of anilines is 2. The third-order valence-corrected chi connectivity index (χ3v) is 3.12. The van der Waals surface area contributed by atoms with Gasteiger partial charge in [-0.1, -0.05) is 23.7 Å². The summed E-state index contributed by atoms with van der Waals surface area (Å²) in [6.45, 7) is 1.76. The van der Waals surface area contributed by atoms with Gasteiger partial charge in [0.1, 0.15) is 11.6 Å². The topological polar surface area (TPSA) is 114 Å². The van der Waals surface area contributed by atoms with E-state index in [0.717, 1.165) is 0 Å². The van der Waals surface area contributed by atoms with Crippen molar-refractivity contribution in [3.63, 3.8) is 0 Å². The summed E-state index contributed by atoms with van der Waals surface area (Å²) in [7, 11) is 0. The quantitative estimate of drug-likeness (QED) is 0.663. The Labute approximate surface area is 131 Å². The number of urea groups is 1. The molecule has 0 atom stereocenters. The number of hydrogen-bond acceptors (Lipinski definition) is 6. The van der Waals surface area contributed by atoms with E-state index in [1.807, 2.05) is 0 Å². The van der Waals surface area contributed by atoms with Crippen LogP contribution in [0.3, 0.4) is 0 Å². The normalized spacial score (nSPS) is 10.1. The summed E-state index contributed by atoms with van der Waals surface area (Å²) in [5.74, 6) is 0.788.